The van der Waals surface area contributed by atoms with Crippen molar-refractivity contribution in [3.05, 3.63) is 35.9 Å². The molecule has 0 unspecified atom stereocenters. The summed E-state index contributed by atoms with van der Waals surface area (Å²) in [6, 6.07) is 3.62. The van der Waals surface area contributed by atoms with Crippen molar-refractivity contribution in [3.63, 3.8) is 0 Å². The first kappa shape index (κ1) is 11.1. The number of carbonyl (C=O) groups is 1. The van der Waals surface area contributed by atoms with Gasteiger partial charge >= 0.3 is 0 Å². The molecule has 1 heterocycles. The molecule has 1 amide bonds. The lowest BCUT2D eigenvalue weighted by molar-refractivity contribution is 0.102. The van der Waals surface area contributed by atoms with Crippen LogP contribution in [-0.4, -0.2) is 20.7 Å². The van der Waals surface area contributed by atoms with Gasteiger partial charge in [-0.15, -0.1) is 0 Å². The number of halogens is 1. The molecule has 0 aliphatic rings. The van der Waals surface area contributed by atoms with Gasteiger partial charge in [0.1, 0.15) is 12.1 Å². The molecule has 0 atom stereocenters. The fraction of sp³-hybridized carbons (Fsp3) is 0.100. The van der Waals surface area contributed by atoms with Crippen LogP contribution in [0.25, 0.3) is 0 Å². The average molecular weight is 235 g/mol. The fourth-order valence-corrected chi connectivity index (χ4v) is 1.33. The second-order valence-corrected chi connectivity index (χ2v) is 3.43. The number of nitrogen functional groups attached to an aromatic ring is 1. The van der Waals surface area contributed by atoms with Gasteiger partial charge in [0.2, 0.25) is 5.95 Å². The zero-order valence-electron chi connectivity index (χ0n) is 9.01. The monoisotopic (exact) mass is 235 g/mol. The van der Waals surface area contributed by atoms with Gasteiger partial charge in [0.05, 0.1) is 0 Å². The topological polar surface area (TPSA) is 85.8 Å². The predicted octanol–water partition coefficient (Wildman–Crippen LogP) is 0.789. The van der Waals surface area contributed by atoms with E-state index < -0.39 is 11.7 Å². The number of rotatable bonds is 2. The van der Waals surface area contributed by atoms with Crippen LogP contribution >= 0.6 is 0 Å². The smallest absolute Gasteiger partial charge is 0.258 e. The number of hydrogen-bond donors (Lipinski definition) is 2. The molecule has 1 aromatic heterocycles. The summed E-state index contributed by atoms with van der Waals surface area (Å²) in [5.41, 5.74) is 5.77. The standard InChI is InChI=1S/C10H10FN5O/c1-16-10(13-5-14-16)15-9(17)6-2-7(11)4-8(12)3-6/h2-5H,12H2,1H3,(H,13,14,15,17). The van der Waals surface area contributed by atoms with Crippen LogP contribution in [0.3, 0.4) is 0 Å². The number of aromatic nitrogens is 3. The Morgan fingerprint density at radius 3 is 2.82 bits per heavy atom. The zero-order chi connectivity index (χ0) is 12.4. The lowest BCUT2D eigenvalue weighted by Gasteiger charge is -2.04. The molecule has 0 aliphatic carbocycles. The molecule has 6 nitrogen and oxygen atoms in total. The fourth-order valence-electron chi connectivity index (χ4n) is 1.33. The van der Waals surface area contributed by atoms with Crippen molar-refractivity contribution in [2.24, 2.45) is 7.05 Å². The van der Waals surface area contributed by atoms with Crippen LogP contribution in [0.5, 0.6) is 0 Å². The molecule has 0 spiro atoms. The summed E-state index contributed by atoms with van der Waals surface area (Å²) in [7, 11) is 1.63. The number of amides is 1. The molecule has 0 saturated heterocycles. The van der Waals surface area contributed by atoms with Gasteiger partial charge in [-0.2, -0.15) is 10.1 Å². The van der Waals surface area contributed by atoms with Crippen LogP contribution in [0.1, 0.15) is 10.4 Å². The van der Waals surface area contributed by atoms with Crippen molar-refractivity contribution < 1.29 is 9.18 Å². The molecular weight excluding hydrogens is 225 g/mol. The number of nitrogens with one attached hydrogen (secondary N) is 1. The lowest BCUT2D eigenvalue weighted by Crippen LogP contribution is -2.15. The van der Waals surface area contributed by atoms with E-state index in [-0.39, 0.29) is 17.2 Å². The summed E-state index contributed by atoms with van der Waals surface area (Å²) in [6.07, 6.45) is 1.30. The highest BCUT2D eigenvalue weighted by Crippen LogP contribution is 2.12. The molecule has 0 saturated carbocycles. The van der Waals surface area contributed by atoms with E-state index in [0.717, 1.165) is 12.1 Å². The van der Waals surface area contributed by atoms with Gasteiger partial charge in [0.15, 0.2) is 0 Å². The van der Waals surface area contributed by atoms with Crippen LogP contribution < -0.4 is 11.1 Å². The highest BCUT2D eigenvalue weighted by atomic mass is 19.1. The normalized spacial score (nSPS) is 10.2. The van der Waals surface area contributed by atoms with Crippen molar-refractivity contribution in [1.82, 2.24) is 14.8 Å². The zero-order valence-corrected chi connectivity index (χ0v) is 9.01. The van der Waals surface area contributed by atoms with Gasteiger partial charge < -0.3 is 5.73 Å². The Bertz CT molecular complexity index is 545. The van der Waals surface area contributed by atoms with E-state index in [1.165, 1.54) is 17.1 Å². The number of nitrogens with two attached hydrogens (primary N) is 1. The molecule has 1 aromatic carbocycles. The van der Waals surface area contributed by atoms with E-state index in [1.54, 1.807) is 7.05 Å². The van der Waals surface area contributed by atoms with Crippen LogP contribution in [0, 0.1) is 5.82 Å². The first-order valence-corrected chi connectivity index (χ1v) is 4.77. The van der Waals surface area contributed by atoms with E-state index in [0.29, 0.717) is 0 Å². The summed E-state index contributed by atoms with van der Waals surface area (Å²) >= 11 is 0. The van der Waals surface area contributed by atoms with Crippen LogP contribution in [0.2, 0.25) is 0 Å². The Balaban J connectivity index is 2.23. The molecule has 7 heteroatoms. The molecule has 0 bridgehead atoms. The molecular formula is C10H10FN5O. The maximum Gasteiger partial charge on any atom is 0.258 e. The minimum Gasteiger partial charge on any atom is -0.399 e. The van der Waals surface area contributed by atoms with E-state index in [9.17, 15) is 9.18 Å². The largest absolute Gasteiger partial charge is 0.399 e. The quantitative estimate of drug-likeness (QED) is 0.753. The van der Waals surface area contributed by atoms with Crippen molar-refractivity contribution in [2.45, 2.75) is 0 Å². The molecule has 2 aromatic rings. The highest BCUT2D eigenvalue weighted by Gasteiger charge is 2.10. The Morgan fingerprint density at radius 1 is 1.47 bits per heavy atom. The van der Waals surface area contributed by atoms with Gasteiger partial charge in [-0.1, -0.05) is 0 Å². The molecule has 0 fully saturated rings. The summed E-state index contributed by atoms with van der Waals surface area (Å²) in [6.45, 7) is 0. The first-order valence-electron chi connectivity index (χ1n) is 4.77. The van der Waals surface area contributed by atoms with Crippen molar-refractivity contribution >= 4 is 17.5 Å². The van der Waals surface area contributed by atoms with Crippen molar-refractivity contribution in [2.75, 3.05) is 11.1 Å². The number of anilines is 2. The SMILES string of the molecule is Cn1ncnc1NC(=O)c1cc(N)cc(F)c1. The lowest BCUT2D eigenvalue weighted by atomic mass is 10.2. The Morgan fingerprint density at radius 2 is 2.24 bits per heavy atom. The number of carbonyl (C=O) groups excluding carboxylic acids is 1. The van der Waals surface area contributed by atoms with Crippen LogP contribution in [0.4, 0.5) is 16.0 Å². The van der Waals surface area contributed by atoms with Gasteiger partial charge in [-0.05, 0) is 18.2 Å². The second-order valence-electron chi connectivity index (χ2n) is 3.43. The van der Waals surface area contributed by atoms with Crippen molar-refractivity contribution in [3.8, 4) is 0 Å². The molecule has 3 N–H and O–H groups in total. The van der Waals surface area contributed by atoms with Gasteiger partial charge in [-0.3, -0.25) is 10.1 Å². The minimum absolute atomic E-state index is 0.130. The van der Waals surface area contributed by atoms with E-state index in [1.807, 2.05) is 0 Å². The summed E-state index contributed by atoms with van der Waals surface area (Å²) in [5, 5.41) is 6.28. The number of nitrogens with zero attached hydrogens (tertiary/aromatic N) is 3. The van der Waals surface area contributed by atoms with E-state index in [4.69, 9.17) is 5.73 Å². The highest BCUT2D eigenvalue weighted by molar-refractivity contribution is 6.03. The third-order valence-electron chi connectivity index (χ3n) is 2.12. The van der Waals surface area contributed by atoms with Crippen LogP contribution in [-0.2, 0) is 7.05 Å². The van der Waals surface area contributed by atoms with E-state index in [2.05, 4.69) is 15.4 Å². The molecule has 2 rings (SSSR count). The number of aryl methyl sites for hydroxylation is 1. The number of benzene rings is 1. The first-order chi connectivity index (χ1) is 8.06. The summed E-state index contributed by atoms with van der Waals surface area (Å²) < 4.78 is 14.4. The van der Waals surface area contributed by atoms with Crippen LogP contribution in [0.15, 0.2) is 24.5 Å². The maximum atomic E-state index is 13.1. The Labute approximate surface area is 96.3 Å². The van der Waals surface area contributed by atoms with Gasteiger partial charge in [0, 0.05) is 18.3 Å². The van der Waals surface area contributed by atoms with Gasteiger partial charge in [0.25, 0.3) is 5.91 Å². The predicted molar refractivity (Wildman–Crippen MR) is 59.8 cm³/mol. The van der Waals surface area contributed by atoms with E-state index >= 15 is 0 Å². The number of hydrogen-bond acceptors (Lipinski definition) is 4. The molecule has 0 aliphatic heterocycles. The molecule has 88 valence electrons. The molecule has 17 heavy (non-hydrogen) atoms. The average Bonchev–Trinajstić information content (AvgIpc) is 2.63. The third-order valence-corrected chi connectivity index (χ3v) is 2.12. The maximum absolute atomic E-state index is 13.1. The Kier molecular flexibility index (Phi) is 2.73. The van der Waals surface area contributed by atoms with Crippen molar-refractivity contribution in [1.29, 1.82) is 0 Å². The molecule has 0 radical (unpaired) electrons. The second kappa shape index (κ2) is 4.20. The summed E-state index contributed by atoms with van der Waals surface area (Å²) in [4.78, 5) is 15.6. The minimum atomic E-state index is -0.562. The summed E-state index contributed by atoms with van der Waals surface area (Å²) in [5.74, 6) is -0.779. The Hall–Kier alpha value is -2.44. The van der Waals surface area contributed by atoms with Gasteiger partial charge in [-0.25, -0.2) is 9.07 Å². The third kappa shape index (κ3) is 2.39.